The summed E-state index contributed by atoms with van der Waals surface area (Å²) < 4.78 is 0. The summed E-state index contributed by atoms with van der Waals surface area (Å²) >= 11 is 0. The van der Waals surface area contributed by atoms with Gasteiger partial charge in [-0.1, -0.05) is 30.3 Å². The van der Waals surface area contributed by atoms with Crippen LogP contribution in [0.4, 0.5) is 0 Å². The van der Waals surface area contributed by atoms with Gasteiger partial charge >= 0.3 is 0 Å². The van der Waals surface area contributed by atoms with Crippen LogP contribution in [-0.4, -0.2) is 23.7 Å². The number of hydrogen-bond acceptors (Lipinski definition) is 2. The van der Waals surface area contributed by atoms with E-state index in [2.05, 4.69) is 5.32 Å². The van der Waals surface area contributed by atoms with Crippen LogP contribution in [0.25, 0.3) is 0 Å². The zero-order valence-corrected chi connectivity index (χ0v) is 8.23. The number of benzene rings is 1. The second kappa shape index (κ2) is 5.40. The summed E-state index contributed by atoms with van der Waals surface area (Å²) in [7, 11) is 0. The van der Waals surface area contributed by atoms with Crippen LogP contribution in [0, 0.1) is 0 Å². The summed E-state index contributed by atoms with van der Waals surface area (Å²) in [6.07, 6.45) is 0.664. The monoisotopic (exact) mass is 193 g/mol. The minimum atomic E-state index is -0.185. The average Bonchev–Trinajstić information content (AvgIpc) is 2.17. The molecule has 1 aromatic carbocycles. The molecule has 0 bridgehead atoms. The van der Waals surface area contributed by atoms with Crippen LogP contribution < -0.4 is 5.32 Å². The second-order valence-corrected chi connectivity index (χ2v) is 3.27. The normalized spacial score (nSPS) is 12.1. The molecule has 3 nitrogen and oxygen atoms in total. The quantitative estimate of drug-likeness (QED) is 0.740. The molecule has 14 heavy (non-hydrogen) atoms. The number of rotatable bonds is 4. The van der Waals surface area contributed by atoms with Crippen LogP contribution in [0.15, 0.2) is 30.3 Å². The van der Waals surface area contributed by atoms with Gasteiger partial charge in [-0.2, -0.15) is 0 Å². The van der Waals surface area contributed by atoms with Crippen LogP contribution in [-0.2, 0) is 11.2 Å². The first kappa shape index (κ1) is 10.7. The molecular weight excluding hydrogens is 178 g/mol. The van der Waals surface area contributed by atoms with Crippen molar-refractivity contribution in [2.75, 3.05) is 6.61 Å². The summed E-state index contributed by atoms with van der Waals surface area (Å²) in [5, 5.41) is 11.7. The van der Waals surface area contributed by atoms with E-state index < -0.39 is 0 Å². The lowest BCUT2D eigenvalue weighted by Crippen LogP contribution is -2.37. The lowest BCUT2D eigenvalue weighted by Gasteiger charge is -2.14. The van der Waals surface area contributed by atoms with Gasteiger partial charge in [0.2, 0.25) is 5.91 Å². The van der Waals surface area contributed by atoms with Crippen molar-refractivity contribution in [2.24, 2.45) is 0 Å². The highest BCUT2D eigenvalue weighted by atomic mass is 16.3. The fourth-order valence-corrected chi connectivity index (χ4v) is 1.35. The summed E-state index contributed by atoms with van der Waals surface area (Å²) in [6, 6.07) is 9.59. The summed E-state index contributed by atoms with van der Waals surface area (Å²) in [6.45, 7) is 1.42. The molecule has 0 saturated carbocycles. The first-order chi connectivity index (χ1) is 6.72. The van der Waals surface area contributed by atoms with Gasteiger partial charge in [-0.3, -0.25) is 4.79 Å². The van der Waals surface area contributed by atoms with Gasteiger partial charge in [0, 0.05) is 6.92 Å². The Balaban J connectivity index is 2.53. The molecular formula is C11H15NO2. The molecule has 1 atom stereocenters. The van der Waals surface area contributed by atoms with E-state index in [1.807, 2.05) is 30.3 Å². The van der Waals surface area contributed by atoms with Crippen molar-refractivity contribution in [3.05, 3.63) is 35.9 Å². The maximum Gasteiger partial charge on any atom is 0.217 e. The molecule has 0 aromatic heterocycles. The fraction of sp³-hybridized carbons (Fsp3) is 0.364. The molecule has 0 heterocycles. The number of aliphatic hydroxyl groups is 1. The predicted octanol–water partition coefficient (Wildman–Crippen LogP) is 0.726. The third-order valence-electron chi connectivity index (χ3n) is 1.95. The molecule has 0 unspecified atom stereocenters. The van der Waals surface area contributed by atoms with Gasteiger partial charge in [0.25, 0.3) is 0 Å². The molecule has 0 aliphatic rings. The molecule has 0 saturated heterocycles. The smallest absolute Gasteiger partial charge is 0.217 e. The first-order valence-corrected chi connectivity index (χ1v) is 4.64. The molecule has 0 radical (unpaired) electrons. The molecule has 0 aliphatic carbocycles. The Hall–Kier alpha value is -1.35. The maximum absolute atomic E-state index is 10.8. The minimum Gasteiger partial charge on any atom is -0.394 e. The Morgan fingerprint density at radius 1 is 1.43 bits per heavy atom. The molecule has 3 heteroatoms. The van der Waals surface area contributed by atoms with Crippen LogP contribution >= 0.6 is 0 Å². The highest BCUT2D eigenvalue weighted by Gasteiger charge is 2.08. The standard InChI is InChI=1S/C11H15NO2/c1-9(14)12-11(8-13)7-10-5-3-2-4-6-10/h2-6,11,13H,7-8H2,1H3,(H,12,14)/t11-/m0/s1. The second-order valence-electron chi connectivity index (χ2n) is 3.27. The first-order valence-electron chi connectivity index (χ1n) is 4.64. The zero-order valence-electron chi connectivity index (χ0n) is 8.23. The van der Waals surface area contributed by atoms with Gasteiger partial charge in [-0.25, -0.2) is 0 Å². The van der Waals surface area contributed by atoms with Crippen molar-refractivity contribution < 1.29 is 9.90 Å². The Labute approximate surface area is 83.8 Å². The van der Waals surface area contributed by atoms with Gasteiger partial charge in [0.1, 0.15) is 0 Å². The van der Waals surface area contributed by atoms with Crippen molar-refractivity contribution in [3.8, 4) is 0 Å². The van der Waals surface area contributed by atoms with Gasteiger partial charge in [-0.05, 0) is 12.0 Å². The van der Waals surface area contributed by atoms with E-state index >= 15 is 0 Å². The number of nitrogens with one attached hydrogen (secondary N) is 1. The lowest BCUT2D eigenvalue weighted by molar-refractivity contribution is -0.119. The summed E-state index contributed by atoms with van der Waals surface area (Å²) in [5.74, 6) is -0.111. The van der Waals surface area contributed by atoms with E-state index in [-0.39, 0.29) is 18.6 Å². The zero-order chi connectivity index (χ0) is 10.4. The highest BCUT2D eigenvalue weighted by molar-refractivity contribution is 5.73. The molecule has 1 amide bonds. The van der Waals surface area contributed by atoms with Gasteiger partial charge in [0.15, 0.2) is 0 Å². The number of carbonyl (C=O) groups excluding carboxylic acids is 1. The van der Waals surface area contributed by atoms with E-state index in [1.165, 1.54) is 6.92 Å². The summed E-state index contributed by atoms with van der Waals surface area (Å²) in [5.41, 5.74) is 1.11. The van der Waals surface area contributed by atoms with Crippen LogP contribution in [0.5, 0.6) is 0 Å². The van der Waals surface area contributed by atoms with Crippen LogP contribution in [0.1, 0.15) is 12.5 Å². The number of amides is 1. The van der Waals surface area contributed by atoms with Crippen molar-refractivity contribution in [1.82, 2.24) is 5.32 Å². The largest absolute Gasteiger partial charge is 0.394 e. The topological polar surface area (TPSA) is 49.3 Å². The Bertz CT molecular complexity index is 285. The lowest BCUT2D eigenvalue weighted by atomic mass is 10.1. The van der Waals surface area contributed by atoms with E-state index in [4.69, 9.17) is 5.11 Å². The van der Waals surface area contributed by atoms with Gasteiger partial charge in [-0.15, -0.1) is 0 Å². The number of carbonyl (C=O) groups is 1. The van der Waals surface area contributed by atoms with E-state index in [0.29, 0.717) is 6.42 Å². The van der Waals surface area contributed by atoms with Crippen molar-refractivity contribution in [2.45, 2.75) is 19.4 Å². The number of hydrogen-bond donors (Lipinski definition) is 2. The van der Waals surface area contributed by atoms with Crippen LogP contribution in [0.3, 0.4) is 0 Å². The Morgan fingerprint density at radius 3 is 2.57 bits per heavy atom. The maximum atomic E-state index is 10.8. The van der Waals surface area contributed by atoms with Gasteiger partial charge < -0.3 is 10.4 Å². The summed E-state index contributed by atoms with van der Waals surface area (Å²) in [4.78, 5) is 10.8. The molecule has 1 aromatic rings. The Morgan fingerprint density at radius 2 is 2.07 bits per heavy atom. The van der Waals surface area contributed by atoms with Gasteiger partial charge in [0.05, 0.1) is 12.6 Å². The molecule has 2 N–H and O–H groups in total. The van der Waals surface area contributed by atoms with Crippen molar-refractivity contribution in [3.63, 3.8) is 0 Å². The van der Waals surface area contributed by atoms with Crippen molar-refractivity contribution in [1.29, 1.82) is 0 Å². The molecule has 1 rings (SSSR count). The highest BCUT2D eigenvalue weighted by Crippen LogP contribution is 2.02. The van der Waals surface area contributed by atoms with Crippen LogP contribution in [0.2, 0.25) is 0 Å². The van der Waals surface area contributed by atoms with E-state index in [0.717, 1.165) is 5.56 Å². The SMILES string of the molecule is CC(=O)N[C@H](CO)Cc1ccccc1. The average molecular weight is 193 g/mol. The van der Waals surface area contributed by atoms with E-state index in [1.54, 1.807) is 0 Å². The fourth-order valence-electron chi connectivity index (χ4n) is 1.35. The predicted molar refractivity (Wildman–Crippen MR) is 54.8 cm³/mol. The minimum absolute atomic E-state index is 0.0333. The third kappa shape index (κ3) is 3.58. The van der Waals surface area contributed by atoms with Crippen molar-refractivity contribution >= 4 is 5.91 Å². The third-order valence-corrected chi connectivity index (χ3v) is 1.95. The molecule has 76 valence electrons. The number of aliphatic hydroxyl groups excluding tert-OH is 1. The molecule has 0 spiro atoms. The Kier molecular flexibility index (Phi) is 4.13. The molecule has 0 fully saturated rings. The molecule has 0 aliphatic heterocycles. The van der Waals surface area contributed by atoms with E-state index in [9.17, 15) is 4.79 Å².